The molecule has 5 rings (SSSR count). The van der Waals surface area contributed by atoms with Crippen LogP contribution in [0.4, 0.5) is 0 Å². The molecule has 0 radical (unpaired) electrons. The van der Waals surface area contributed by atoms with E-state index in [2.05, 4.69) is 61.6 Å². The number of aliphatic hydroxyl groups is 1. The number of pyridine rings is 1. The molecule has 2 aliphatic carbocycles. The largest absolute Gasteiger partial charge is 0.496 e. The lowest BCUT2D eigenvalue weighted by Gasteiger charge is -2.22. The van der Waals surface area contributed by atoms with Crippen molar-refractivity contribution in [2.75, 3.05) is 7.11 Å². The van der Waals surface area contributed by atoms with Crippen LogP contribution in [0.15, 0.2) is 95.8 Å². The fourth-order valence-corrected chi connectivity index (χ4v) is 6.14. The van der Waals surface area contributed by atoms with Crippen LogP contribution in [-0.4, -0.2) is 22.8 Å². The van der Waals surface area contributed by atoms with Crippen molar-refractivity contribution in [1.29, 1.82) is 5.26 Å². The molecule has 0 bridgehead atoms. The van der Waals surface area contributed by atoms with Gasteiger partial charge in [0, 0.05) is 22.7 Å². The molecule has 1 aromatic heterocycles. The molecule has 0 saturated heterocycles. The van der Waals surface area contributed by atoms with E-state index in [0.717, 1.165) is 71.0 Å². The van der Waals surface area contributed by atoms with Gasteiger partial charge in [-0.15, -0.1) is 0 Å². The summed E-state index contributed by atoms with van der Waals surface area (Å²) in [6, 6.07) is 16.1. The van der Waals surface area contributed by atoms with Gasteiger partial charge in [0.05, 0.1) is 29.9 Å². The van der Waals surface area contributed by atoms with Crippen LogP contribution in [0.3, 0.4) is 0 Å². The van der Waals surface area contributed by atoms with Crippen molar-refractivity contribution in [3.63, 3.8) is 0 Å². The Kier molecular flexibility index (Phi) is 8.57. The minimum Gasteiger partial charge on any atom is -0.496 e. The van der Waals surface area contributed by atoms with Crippen LogP contribution >= 0.6 is 0 Å². The van der Waals surface area contributed by atoms with E-state index in [1.54, 1.807) is 7.11 Å². The van der Waals surface area contributed by atoms with Gasteiger partial charge >= 0.3 is 0 Å². The van der Waals surface area contributed by atoms with Crippen LogP contribution in [0, 0.1) is 23.2 Å². The van der Waals surface area contributed by atoms with Crippen LogP contribution < -0.4 is 4.74 Å². The van der Waals surface area contributed by atoms with Gasteiger partial charge in [0.1, 0.15) is 5.75 Å². The van der Waals surface area contributed by atoms with Crippen molar-refractivity contribution in [2.24, 2.45) is 11.8 Å². The summed E-state index contributed by atoms with van der Waals surface area (Å²) in [7, 11) is 1.75. The van der Waals surface area contributed by atoms with E-state index in [-0.39, 0.29) is 0 Å². The lowest BCUT2D eigenvalue weighted by Crippen LogP contribution is -2.20. The van der Waals surface area contributed by atoms with Gasteiger partial charge in [-0.1, -0.05) is 72.7 Å². The van der Waals surface area contributed by atoms with E-state index < -0.39 is 5.60 Å². The molecule has 0 saturated carbocycles. The van der Waals surface area contributed by atoms with E-state index in [9.17, 15) is 5.11 Å². The summed E-state index contributed by atoms with van der Waals surface area (Å²) >= 11 is 0. The summed E-state index contributed by atoms with van der Waals surface area (Å²) in [5, 5.41) is 20.6. The number of ether oxygens (including phenoxy) is 1. The number of hydrogen-bond donors (Lipinski definition) is 1. The summed E-state index contributed by atoms with van der Waals surface area (Å²) in [4.78, 5) is 4.93. The van der Waals surface area contributed by atoms with Crippen LogP contribution in [0.1, 0.15) is 64.0 Å². The molecule has 210 valence electrons. The molecule has 0 amide bonds. The Morgan fingerprint density at radius 3 is 2.63 bits per heavy atom. The normalized spacial score (nSPS) is 19.5. The number of para-hydroxylation sites is 1. The molecule has 2 aromatic carbocycles. The Balaban J connectivity index is 1.33. The Hall–Kier alpha value is -3.94. The minimum atomic E-state index is -0.819. The van der Waals surface area contributed by atoms with Gasteiger partial charge in [-0.05, 0) is 93.5 Å². The van der Waals surface area contributed by atoms with E-state index >= 15 is 0 Å². The predicted octanol–water partition coefficient (Wildman–Crippen LogP) is 8.66. The first kappa shape index (κ1) is 28.6. The summed E-state index contributed by atoms with van der Waals surface area (Å²) < 4.78 is 6.00. The topological polar surface area (TPSA) is 66.1 Å². The molecule has 0 spiro atoms. The first-order chi connectivity index (χ1) is 19.8. The quantitative estimate of drug-likeness (QED) is 0.302. The molecular formula is C37H40N2O2. The Morgan fingerprint density at radius 1 is 1.10 bits per heavy atom. The van der Waals surface area contributed by atoms with Gasteiger partial charge in [0.15, 0.2) is 0 Å². The van der Waals surface area contributed by atoms with E-state index in [0.29, 0.717) is 17.4 Å². The Labute approximate surface area is 244 Å². The summed E-state index contributed by atoms with van der Waals surface area (Å²) in [6.07, 6.45) is 19.2. The summed E-state index contributed by atoms with van der Waals surface area (Å²) in [6.45, 7) is 6.08. The van der Waals surface area contributed by atoms with Crippen molar-refractivity contribution < 1.29 is 9.84 Å². The molecule has 2 unspecified atom stereocenters. The maximum atomic E-state index is 10.4. The number of fused-ring (bicyclic) bond motifs is 1. The van der Waals surface area contributed by atoms with Crippen molar-refractivity contribution in [1.82, 2.24) is 4.98 Å². The van der Waals surface area contributed by atoms with Crippen LogP contribution in [-0.2, 0) is 6.42 Å². The number of nitrogens with zero attached hydrogens (tertiary/aromatic N) is 2. The smallest absolute Gasteiger partial charge is 0.133 e. The standard InChI is InChI=1S/C37H40N2O2/c1-25-11-12-27(13-19-30(25)21-26-7-5-8-32(20-16-26)37(2,3)40)22-31-24-39-35-33(9-6-10-34(35)36(31)41-4)29-17-14-28(23-38)15-18-29/h5-6,8-10,12,14-18,20,24-25,30,40H,7,11,13,19,21-22H2,1-4H3. The maximum Gasteiger partial charge on any atom is 0.133 e. The molecular weight excluding hydrogens is 504 g/mol. The second kappa shape index (κ2) is 12.3. The van der Waals surface area contributed by atoms with Crippen molar-refractivity contribution in [2.45, 2.75) is 64.9 Å². The lowest BCUT2D eigenvalue weighted by molar-refractivity contribution is 0.124. The molecule has 4 heteroatoms. The number of allylic oxidation sites excluding steroid dienone is 6. The van der Waals surface area contributed by atoms with Gasteiger partial charge in [0.2, 0.25) is 0 Å². The molecule has 0 fully saturated rings. The third-order valence-electron chi connectivity index (χ3n) is 8.69. The predicted molar refractivity (Wildman–Crippen MR) is 168 cm³/mol. The molecule has 2 aliphatic rings. The lowest BCUT2D eigenvalue weighted by atomic mass is 9.83. The van der Waals surface area contributed by atoms with Crippen LogP contribution in [0.25, 0.3) is 22.0 Å². The van der Waals surface area contributed by atoms with Crippen molar-refractivity contribution >= 4 is 10.9 Å². The Bertz CT molecular complexity index is 1580. The van der Waals surface area contributed by atoms with Gasteiger partial charge in [-0.25, -0.2) is 0 Å². The second-order valence-electron chi connectivity index (χ2n) is 12.1. The minimum absolute atomic E-state index is 0.616. The summed E-state index contributed by atoms with van der Waals surface area (Å²) in [5.74, 6) is 2.14. The number of rotatable bonds is 7. The number of methoxy groups -OCH3 is 1. The van der Waals surface area contributed by atoms with Gasteiger partial charge < -0.3 is 9.84 Å². The molecule has 3 aromatic rings. The third-order valence-corrected chi connectivity index (χ3v) is 8.69. The molecule has 2 atom stereocenters. The van der Waals surface area contributed by atoms with E-state index in [1.165, 1.54) is 17.6 Å². The zero-order valence-electron chi connectivity index (χ0n) is 24.7. The number of benzene rings is 2. The van der Waals surface area contributed by atoms with Crippen molar-refractivity contribution in [3.8, 4) is 22.9 Å². The SMILES string of the molecule is COc1c(CC2=CCC(C)C(CC3=CC=C(C(C)(C)O)C=CC3)CC2)cnc2c(-c3ccc(C#N)cc3)cccc12. The number of nitriles is 1. The fraction of sp³-hybridized carbons (Fsp3) is 0.351. The van der Waals surface area contributed by atoms with Gasteiger partial charge in [0.25, 0.3) is 0 Å². The maximum absolute atomic E-state index is 10.4. The average molecular weight is 545 g/mol. The second-order valence-corrected chi connectivity index (χ2v) is 12.1. The van der Waals surface area contributed by atoms with Crippen molar-refractivity contribution in [3.05, 3.63) is 107 Å². The zero-order valence-corrected chi connectivity index (χ0v) is 24.7. The zero-order chi connectivity index (χ0) is 29.0. The molecule has 1 heterocycles. The van der Waals surface area contributed by atoms with E-state index in [1.807, 2.05) is 44.3 Å². The monoisotopic (exact) mass is 544 g/mol. The van der Waals surface area contributed by atoms with Gasteiger partial charge in [-0.3, -0.25) is 4.98 Å². The molecule has 1 N–H and O–H groups in total. The summed E-state index contributed by atoms with van der Waals surface area (Å²) in [5.41, 5.74) is 7.80. The first-order valence-electron chi connectivity index (χ1n) is 14.7. The van der Waals surface area contributed by atoms with Crippen LogP contribution in [0.2, 0.25) is 0 Å². The highest BCUT2D eigenvalue weighted by Crippen LogP contribution is 2.38. The van der Waals surface area contributed by atoms with Crippen LogP contribution in [0.5, 0.6) is 5.75 Å². The molecule has 0 aliphatic heterocycles. The first-order valence-corrected chi connectivity index (χ1v) is 14.7. The third kappa shape index (κ3) is 6.53. The Morgan fingerprint density at radius 2 is 1.90 bits per heavy atom. The highest BCUT2D eigenvalue weighted by atomic mass is 16.5. The average Bonchev–Trinajstić information content (AvgIpc) is 3.31. The van der Waals surface area contributed by atoms with E-state index in [4.69, 9.17) is 15.0 Å². The highest BCUT2D eigenvalue weighted by Gasteiger charge is 2.23. The molecule has 4 nitrogen and oxygen atoms in total. The number of aromatic nitrogens is 1. The highest BCUT2D eigenvalue weighted by molar-refractivity contribution is 5.97. The fourth-order valence-electron chi connectivity index (χ4n) is 6.14. The van der Waals surface area contributed by atoms with Gasteiger partial charge in [-0.2, -0.15) is 5.26 Å². The number of hydrogen-bond acceptors (Lipinski definition) is 4. The molecule has 41 heavy (non-hydrogen) atoms.